The topological polar surface area (TPSA) is 18.5 Å². The molecule has 118 valence electrons. The Balaban J connectivity index is 2.12. The van der Waals surface area contributed by atoms with E-state index < -0.39 is 0 Å². The average molecular weight is 310 g/mol. The Kier molecular flexibility index (Phi) is 6.34. The van der Waals surface area contributed by atoms with E-state index in [4.69, 9.17) is 11.6 Å². The smallest absolute Gasteiger partial charge is 0.0427 e. The Morgan fingerprint density at radius 1 is 1.29 bits per heavy atom. The van der Waals surface area contributed by atoms with Crippen LogP contribution in [-0.4, -0.2) is 43.7 Å². The van der Waals surface area contributed by atoms with Crippen LogP contribution in [0.2, 0.25) is 5.02 Å². The lowest BCUT2D eigenvalue weighted by Gasteiger charge is -2.41. The second kappa shape index (κ2) is 8.02. The van der Waals surface area contributed by atoms with E-state index in [0.717, 1.165) is 50.7 Å². The first-order valence-corrected chi connectivity index (χ1v) is 8.51. The summed E-state index contributed by atoms with van der Waals surface area (Å²) in [4.78, 5) is 5.03. The molecule has 3 nitrogen and oxygen atoms in total. The molecule has 0 spiro atoms. The van der Waals surface area contributed by atoms with Crippen molar-refractivity contribution in [2.75, 3.05) is 37.6 Å². The van der Waals surface area contributed by atoms with Gasteiger partial charge in [0, 0.05) is 42.9 Å². The molecule has 0 aromatic heterocycles. The van der Waals surface area contributed by atoms with Gasteiger partial charge in [-0.3, -0.25) is 4.90 Å². The molecule has 2 rings (SSSR count). The number of halogens is 1. The van der Waals surface area contributed by atoms with Crippen LogP contribution in [0.25, 0.3) is 0 Å². The van der Waals surface area contributed by atoms with Crippen molar-refractivity contribution in [1.29, 1.82) is 0 Å². The van der Waals surface area contributed by atoms with Gasteiger partial charge in [0.15, 0.2) is 0 Å². The van der Waals surface area contributed by atoms with Crippen LogP contribution >= 0.6 is 11.6 Å². The molecule has 0 amide bonds. The van der Waals surface area contributed by atoms with Crippen molar-refractivity contribution >= 4 is 17.3 Å². The van der Waals surface area contributed by atoms with Gasteiger partial charge in [-0.1, -0.05) is 31.5 Å². The van der Waals surface area contributed by atoms with E-state index in [1.165, 1.54) is 11.3 Å². The molecule has 1 aromatic carbocycles. The molecule has 1 saturated heterocycles. The summed E-state index contributed by atoms with van der Waals surface area (Å²) >= 11 is 6.23. The summed E-state index contributed by atoms with van der Waals surface area (Å²) in [6.07, 6.45) is 1.16. The molecule has 0 bridgehead atoms. The second-order valence-electron chi connectivity index (χ2n) is 5.87. The Hall–Kier alpha value is -0.770. The largest absolute Gasteiger partial charge is 0.368 e. The number of likely N-dealkylation sites (N-methyl/N-ethyl adjacent to an activating group) is 1. The monoisotopic (exact) mass is 309 g/mol. The first kappa shape index (κ1) is 16.6. The molecule has 0 saturated carbocycles. The zero-order valence-corrected chi connectivity index (χ0v) is 14.3. The van der Waals surface area contributed by atoms with Crippen LogP contribution in [-0.2, 0) is 6.54 Å². The van der Waals surface area contributed by atoms with E-state index in [1.807, 2.05) is 6.07 Å². The second-order valence-corrected chi connectivity index (χ2v) is 6.31. The summed E-state index contributed by atoms with van der Waals surface area (Å²) in [7, 11) is 0. The van der Waals surface area contributed by atoms with Gasteiger partial charge in [-0.15, -0.1) is 0 Å². The molecule has 1 heterocycles. The van der Waals surface area contributed by atoms with Gasteiger partial charge < -0.3 is 10.2 Å². The van der Waals surface area contributed by atoms with Crippen LogP contribution in [0.5, 0.6) is 0 Å². The molecular weight excluding hydrogens is 282 g/mol. The van der Waals surface area contributed by atoms with E-state index in [-0.39, 0.29) is 0 Å². The highest BCUT2D eigenvalue weighted by Crippen LogP contribution is 2.27. The third-order valence-corrected chi connectivity index (χ3v) is 4.54. The first-order valence-electron chi connectivity index (χ1n) is 8.13. The summed E-state index contributed by atoms with van der Waals surface area (Å²) in [5, 5.41) is 4.33. The predicted octanol–water partition coefficient (Wildman–Crippen LogP) is 3.37. The van der Waals surface area contributed by atoms with E-state index in [0.29, 0.717) is 6.04 Å². The van der Waals surface area contributed by atoms with Crippen molar-refractivity contribution in [2.45, 2.75) is 39.8 Å². The average Bonchev–Trinajstić information content (AvgIpc) is 2.49. The van der Waals surface area contributed by atoms with Crippen LogP contribution < -0.4 is 10.2 Å². The highest BCUT2D eigenvalue weighted by molar-refractivity contribution is 6.30. The SMILES string of the molecule is CCCNCc1ccc(Cl)cc1N1CCN(CC)C(C)C1. The maximum Gasteiger partial charge on any atom is 0.0427 e. The summed E-state index contributed by atoms with van der Waals surface area (Å²) in [6.45, 7) is 13.2. The van der Waals surface area contributed by atoms with Crippen LogP contribution in [0.15, 0.2) is 18.2 Å². The number of nitrogens with one attached hydrogen (secondary N) is 1. The third-order valence-electron chi connectivity index (χ3n) is 4.30. The Morgan fingerprint density at radius 3 is 2.76 bits per heavy atom. The Labute approximate surface area is 134 Å². The van der Waals surface area contributed by atoms with Gasteiger partial charge in [-0.2, -0.15) is 0 Å². The normalized spacial score (nSPS) is 20.0. The van der Waals surface area contributed by atoms with Crippen molar-refractivity contribution in [2.24, 2.45) is 0 Å². The van der Waals surface area contributed by atoms with Gasteiger partial charge in [0.2, 0.25) is 0 Å². The van der Waals surface area contributed by atoms with Crippen LogP contribution in [0.3, 0.4) is 0 Å². The van der Waals surface area contributed by atoms with Gasteiger partial charge in [0.1, 0.15) is 0 Å². The highest BCUT2D eigenvalue weighted by Gasteiger charge is 2.23. The Bertz CT molecular complexity index is 450. The first-order chi connectivity index (χ1) is 10.2. The standard InChI is InChI=1S/C17H28ClN3/c1-4-8-19-12-15-6-7-16(18)11-17(15)21-10-9-20(5-2)14(3)13-21/h6-7,11,14,19H,4-5,8-10,12-13H2,1-3H3. The molecule has 1 N–H and O–H groups in total. The number of hydrogen-bond acceptors (Lipinski definition) is 3. The van der Waals surface area contributed by atoms with Gasteiger partial charge in [0.05, 0.1) is 0 Å². The minimum absolute atomic E-state index is 0.596. The number of piperazine rings is 1. The maximum absolute atomic E-state index is 6.23. The lowest BCUT2D eigenvalue weighted by Crippen LogP contribution is -2.52. The molecule has 21 heavy (non-hydrogen) atoms. The van der Waals surface area contributed by atoms with E-state index >= 15 is 0 Å². The molecule has 1 aliphatic rings. The lowest BCUT2D eigenvalue weighted by molar-refractivity contribution is 0.199. The van der Waals surface area contributed by atoms with Gasteiger partial charge in [0.25, 0.3) is 0 Å². The number of nitrogens with zero attached hydrogens (tertiary/aromatic N) is 2. The summed E-state index contributed by atoms with van der Waals surface area (Å²) in [6, 6.07) is 6.88. The zero-order valence-electron chi connectivity index (χ0n) is 13.5. The molecule has 1 atom stereocenters. The summed E-state index contributed by atoms with van der Waals surface area (Å²) < 4.78 is 0. The molecule has 1 aliphatic heterocycles. The molecule has 1 aromatic rings. The third kappa shape index (κ3) is 4.35. The fourth-order valence-corrected chi connectivity index (χ4v) is 3.23. The van der Waals surface area contributed by atoms with Crippen LogP contribution in [0, 0.1) is 0 Å². The van der Waals surface area contributed by atoms with Crippen molar-refractivity contribution in [3.05, 3.63) is 28.8 Å². The molecule has 1 fully saturated rings. The fourth-order valence-electron chi connectivity index (χ4n) is 3.06. The molecular formula is C17H28ClN3. The molecule has 4 heteroatoms. The number of benzene rings is 1. The minimum Gasteiger partial charge on any atom is -0.368 e. The Morgan fingerprint density at radius 2 is 2.10 bits per heavy atom. The molecule has 0 aliphatic carbocycles. The highest BCUT2D eigenvalue weighted by atomic mass is 35.5. The van der Waals surface area contributed by atoms with Crippen molar-refractivity contribution in [3.8, 4) is 0 Å². The predicted molar refractivity (Wildman–Crippen MR) is 92.4 cm³/mol. The van der Waals surface area contributed by atoms with Crippen LogP contribution in [0.1, 0.15) is 32.8 Å². The number of hydrogen-bond donors (Lipinski definition) is 1. The van der Waals surface area contributed by atoms with Gasteiger partial charge in [-0.05, 0) is 44.1 Å². The molecule has 1 unspecified atom stereocenters. The van der Waals surface area contributed by atoms with E-state index in [9.17, 15) is 0 Å². The quantitative estimate of drug-likeness (QED) is 0.813. The van der Waals surface area contributed by atoms with E-state index in [1.54, 1.807) is 0 Å². The van der Waals surface area contributed by atoms with Crippen molar-refractivity contribution in [1.82, 2.24) is 10.2 Å². The number of rotatable bonds is 6. The maximum atomic E-state index is 6.23. The van der Waals surface area contributed by atoms with Gasteiger partial charge >= 0.3 is 0 Å². The number of anilines is 1. The van der Waals surface area contributed by atoms with Gasteiger partial charge in [-0.25, -0.2) is 0 Å². The summed E-state index contributed by atoms with van der Waals surface area (Å²) in [5.74, 6) is 0. The van der Waals surface area contributed by atoms with E-state index in [2.05, 4.69) is 48.0 Å². The minimum atomic E-state index is 0.596. The lowest BCUT2D eigenvalue weighted by atomic mass is 10.1. The van der Waals surface area contributed by atoms with Crippen molar-refractivity contribution < 1.29 is 0 Å². The summed E-state index contributed by atoms with van der Waals surface area (Å²) in [5.41, 5.74) is 2.65. The zero-order chi connectivity index (χ0) is 15.2. The van der Waals surface area contributed by atoms with Crippen LogP contribution in [0.4, 0.5) is 5.69 Å². The fraction of sp³-hybridized carbons (Fsp3) is 0.647. The molecule has 0 radical (unpaired) electrons. The van der Waals surface area contributed by atoms with Crippen molar-refractivity contribution in [3.63, 3.8) is 0 Å².